The minimum absolute atomic E-state index is 0. The van der Waals surface area contributed by atoms with Crippen LogP contribution in [0.5, 0.6) is 0 Å². The number of hydrogen-bond acceptors (Lipinski definition) is 12. The fraction of sp³-hybridized carbons (Fsp3) is 0.500. The summed E-state index contributed by atoms with van der Waals surface area (Å²) in [6.45, 7) is 0. The minimum Gasteiger partial charge on any atom is -0.742 e. The molecule has 40 heavy (non-hydrogen) atoms. The molecule has 22 heteroatoms. The Kier molecular flexibility index (Phi) is 30.6. The van der Waals surface area contributed by atoms with Gasteiger partial charge in [0.05, 0.1) is 63.4 Å². The van der Waals surface area contributed by atoms with Crippen molar-refractivity contribution in [3.05, 3.63) is 28.6 Å². The van der Waals surface area contributed by atoms with Gasteiger partial charge in [0.2, 0.25) is 0 Å². The average molecular weight is 727 g/mol. The highest BCUT2D eigenvalue weighted by Crippen LogP contribution is 1.85. The number of nitrogens with zero attached hydrogens (tertiary/aromatic N) is 3. The van der Waals surface area contributed by atoms with E-state index in [0.717, 1.165) is 0 Å². The highest BCUT2D eigenvalue weighted by Gasteiger charge is 1.77. The largest absolute Gasteiger partial charge is 0.742 e. The Labute approximate surface area is 281 Å². The average Bonchev–Trinajstić information content (AvgIpc) is 2.64. The predicted molar refractivity (Wildman–Crippen MR) is 181 cm³/mol. The van der Waals surface area contributed by atoms with Crippen LogP contribution in [-0.2, 0) is 37.9 Å². The lowest BCUT2D eigenvalue weighted by atomic mass is 11.0. The predicted octanol–water partition coefficient (Wildman–Crippen LogP) is -1.23. The van der Waals surface area contributed by atoms with E-state index in [1.54, 1.807) is 0 Å². The maximum Gasteiger partial charge on any atom is 0.198 e. The Morgan fingerprint density at radius 1 is 0.425 bits per heavy atom. The van der Waals surface area contributed by atoms with Crippen molar-refractivity contribution in [3.63, 3.8) is 0 Å². The second-order valence-electron chi connectivity index (χ2n) is 8.40. The maximum absolute atomic E-state index is 4.70. The number of H-pyrrole nitrogens is 6. The number of quaternary nitrogens is 3. The third-order valence-corrected chi connectivity index (χ3v) is 3.70. The minimum atomic E-state index is 0. The molecule has 0 amide bonds. The number of nitrogens with one attached hydrogen (secondary N) is 9. The molecule has 0 radical (unpaired) electrons. The molecule has 3 aromatic rings. The monoisotopic (exact) mass is 726 g/mol. The third kappa shape index (κ3) is 39.0. The van der Waals surface area contributed by atoms with E-state index in [4.69, 9.17) is 36.7 Å². The molecule has 13 nitrogen and oxygen atoms in total. The van der Waals surface area contributed by atoms with Gasteiger partial charge in [-0.2, -0.15) is 0 Å². The van der Waals surface area contributed by atoms with Gasteiger partial charge in [-0.1, -0.05) is 0 Å². The molecule has 0 aliphatic rings. The van der Waals surface area contributed by atoms with Crippen molar-refractivity contribution in [2.24, 2.45) is 0 Å². The Morgan fingerprint density at radius 2 is 0.575 bits per heavy atom. The van der Waals surface area contributed by atoms with Crippen LogP contribution < -0.4 is 14.7 Å². The van der Waals surface area contributed by atoms with Crippen LogP contribution in [0.4, 0.5) is 0 Å². The van der Waals surface area contributed by atoms with Crippen molar-refractivity contribution >= 4 is 111 Å². The van der Waals surface area contributed by atoms with Crippen molar-refractivity contribution in [1.82, 2.24) is 44.9 Å². The van der Waals surface area contributed by atoms with E-state index in [-0.39, 0.29) is 5.48 Å². The molecule has 0 aliphatic heterocycles. The fourth-order valence-electron chi connectivity index (χ4n) is 1.12. The zero-order chi connectivity index (χ0) is 31.3. The van der Waals surface area contributed by atoms with Crippen LogP contribution in [0, 0.1) is 28.6 Å². The zero-order valence-electron chi connectivity index (χ0n) is 23.5. The summed E-state index contributed by atoms with van der Waals surface area (Å²) in [4.78, 5) is 31.0. The van der Waals surface area contributed by atoms with Crippen LogP contribution in [0.15, 0.2) is 15.5 Å². The second kappa shape index (κ2) is 26.7. The van der Waals surface area contributed by atoms with Crippen LogP contribution in [0.3, 0.4) is 0 Å². The molecule has 3 heterocycles. The Morgan fingerprint density at radius 3 is 0.675 bits per heavy atom. The molecule has 0 aliphatic carbocycles. The van der Waals surface area contributed by atoms with Gasteiger partial charge in [-0.05, 0) is 88.8 Å². The summed E-state index contributed by atoms with van der Waals surface area (Å²) in [5, 5.41) is 0.969. The van der Waals surface area contributed by atoms with Gasteiger partial charge in [-0.3, -0.25) is 0 Å². The second-order valence-corrected chi connectivity index (χ2v) is 11.9. The van der Waals surface area contributed by atoms with E-state index in [9.17, 15) is 0 Å². The van der Waals surface area contributed by atoms with Gasteiger partial charge in [0.25, 0.3) is 0 Å². The highest BCUT2D eigenvalue weighted by molar-refractivity contribution is 7.72. The lowest BCUT2D eigenvalue weighted by molar-refractivity contribution is -0.836. The molecule has 0 atom stereocenters. The molecule has 0 saturated heterocycles. The van der Waals surface area contributed by atoms with Crippen LogP contribution >= 0.6 is 73.3 Å². The molecule has 0 aromatic carbocycles. The van der Waals surface area contributed by atoms with Gasteiger partial charge >= 0.3 is 0 Å². The van der Waals surface area contributed by atoms with Crippen LogP contribution in [-0.4, -0.2) is 114 Å². The van der Waals surface area contributed by atoms with Gasteiger partial charge in [-0.15, -0.1) is 0 Å². The third-order valence-electron chi connectivity index (χ3n) is 1.93. The summed E-state index contributed by atoms with van der Waals surface area (Å²) < 4.78 is 2.22. The van der Waals surface area contributed by atoms with E-state index in [2.05, 4.69) is 183 Å². The van der Waals surface area contributed by atoms with E-state index in [1.807, 2.05) is 0 Å². The van der Waals surface area contributed by atoms with Crippen molar-refractivity contribution in [2.45, 2.75) is 15.5 Å². The SMILES string of the molecule is C[NH+](C)C.C[NH+](C)C.C[NH+](C)C.O.S=c1nc([S-])[nH]c(=S)[nH]1.S=c1nc([S-])[nH]c(=S)[nH]1.S=c1nc([S-])[nH]c(=S)[nH]1. The summed E-state index contributed by atoms with van der Waals surface area (Å²) in [7, 11) is 18.8. The van der Waals surface area contributed by atoms with E-state index in [1.165, 1.54) is 14.7 Å². The Balaban J connectivity index is -0.000000202. The first-order valence-electron chi connectivity index (χ1n) is 10.7. The first kappa shape index (κ1) is 45.8. The van der Waals surface area contributed by atoms with Crippen molar-refractivity contribution in [2.75, 3.05) is 63.4 Å². The molecule has 0 saturated carbocycles. The molecular formula is C18H38N12OS9. The van der Waals surface area contributed by atoms with Crippen LogP contribution in [0.1, 0.15) is 0 Å². The number of aromatic amines is 6. The lowest BCUT2D eigenvalue weighted by Crippen LogP contribution is -3.02. The summed E-state index contributed by atoms with van der Waals surface area (Å²) in [6, 6.07) is 0. The molecule has 11 N–H and O–H groups in total. The summed E-state index contributed by atoms with van der Waals surface area (Å²) in [6.07, 6.45) is 0. The standard InChI is InChI=1S/3C3H3N3S3.3C3H9N.H2O/c3*7-1-4-2(8)6-3(9)5-1;3*1-4(2)3;/h3*(H3,4,5,6,7,8,9);3*1-3H3;1H2. The smallest absolute Gasteiger partial charge is 0.198 e. The lowest BCUT2D eigenvalue weighted by Gasteiger charge is -2.00. The van der Waals surface area contributed by atoms with Gasteiger partial charge in [0.1, 0.15) is 0 Å². The maximum atomic E-state index is 4.70. The summed E-state index contributed by atoms with van der Waals surface area (Å²) in [5.41, 5.74) is 0. The normalized spacial score (nSPS) is 9.00. The number of rotatable bonds is 0. The molecular weight excluding hydrogens is 689 g/mol. The van der Waals surface area contributed by atoms with Crippen LogP contribution in [0.25, 0.3) is 0 Å². The Bertz CT molecular complexity index is 1140. The summed E-state index contributed by atoms with van der Waals surface area (Å²) >= 11 is 42.1. The van der Waals surface area contributed by atoms with E-state index >= 15 is 0 Å². The van der Waals surface area contributed by atoms with Gasteiger partial charge in [-0.25, -0.2) is 15.0 Å². The Hall–Kier alpha value is -1.15. The van der Waals surface area contributed by atoms with Gasteiger partial charge < -0.3 is 88.0 Å². The van der Waals surface area contributed by atoms with Gasteiger partial charge in [0, 0.05) is 0 Å². The molecule has 0 fully saturated rings. The molecule has 0 unspecified atom stereocenters. The molecule has 0 bridgehead atoms. The number of hydrogen-bond donors (Lipinski definition) is 9. The van der Waals surface area contributed by atoms with E-state index < -0.39 is 0 Å². The van der Waals surface area contributed by atoms with Crippen molar-refractivity contribution in [3.8, 4) is 0 Å². The highest BCUT2D eigenvalue weighted by atomic mass is 32.1. The molecule has 230 valence electrons. The van der Waals surface area contributed by atoms with Gasteiger partial charge in [0.15, 0.2) is 28.6 Å². The summed E-state index contributed by atoms with van der Waals surface area (Å²) in [5.74, 6) is 0. The van der Waals surface area contributed by atoms with Crippen molar-refractivity contribution in [1.29, 1.82) is 0 Å². The quantitative estimate of drug-likeness (QED) is 0.0997. The van der Waals surface area contributed by atoms with Crippen molar-refractivity contribution < 1.29 is 20.2 Å². The first-order chi connectivity index (χ1) is 17.7. The van der Waals surface area contributed by atoms with E-state index in [0.29, 0.717) is 44.1 Å². The number of aromatic nitrogens is 9. The van der Waals surface area contributed by atoms with Crippen LogP contribution in [0.2, 0.25) is 0 Å². The fourth-order valence-corrected chi connectivity index (χ4v) is 3.42. The molecule has 3 aromatic heterocycles. The molecule has 3 rings (SSSR count). The first-order valence-corrected chi connectivity index (χ1v) is 14.4. The zero-order valence-corrected chi connectivity index (χ0v) is 30.9. The molecule has 0 spiro atoms. The topological polar surface area (TPSA) is 178 Å².